The minimum Gasteiger partial charge on any atom is -0.493 e. The van der Waals surface area contributed by atoms with Crippen LogP contribution in [-0.2, 0) is 10.0 Å². The maximum absolute atomic E-state index is 13.4. The Morgan fingerprint density at radius 1 is 0.879 bits per heavy atom. The fraction of sp³-hybridized carbons (Fsp3) is 0.0833. The number of ether oxygens (including phenoxy) is 2. The molecule has 3 aromatic heterocycles. The maximum Gasteiger partial charge on any atom is 0.269 e. The number of aromatic amines is 1. The molecule has 0 aliphatic heterocycles. The first-order valence-corrected chi connectivity index (χ1v) is 11.5. The second-order valence-corrected chi connectivity index (χ2v) is 9.12. The Hall–Kier alpha value is -4.11. The zero-order valence-electron chi connectivity index (χ0n) is 17.9. The normalized spacial score (nSPS) is 11.6. The minimum atomic E-state index is -3.85. The summed E-state index contributed by atoms with van der Waals surface area (Å²) in [6.07, 6.45) is 6.61. The lowest BCUT2D eigenvalue weighted by Crippen LogP contribution is -2.12. The number of nitrogens with one attached hydrogen (secondary N) is 1. The molecular weight excluding hydrogens is 440 g/mol. The second-order valence-electron chi connectivity index (χ2n) is 7.31. The molecule has 0 spiro atoms. The lowest BCUT2D eigenvalue weighted by molar-refractivity contribution is 0.355. The fourth-order valence-electron chi connectivity index (χ4n) is 3.77. The number of hydrogen-bond acceptors (Lipinski definition) is 6. The van der Waals surface area contributed by atoms with E-state index in [9.17, 15) is 8.42 Å². The number of hydrogen-bond donors (Lipinski definition) is 1. The summed E-state index contributed by atoms with van der Waals surface area (Å²) in [5.41, 5.74) is 3.46. The summed E-state index contributed by atoms with van der Waals surface area (Å²) < 4.78 is 38.8. The molecule has 0 aliphatic rings. The molecule has 0 atom stereocenters. The number of benzene rings is 2. The first-order chi connectivity index (χ1) is 16.0. The van der Waals surface area contributed by atoms with Crippen molar-refractivity contribution in [3.8, 4) is 33.8 Å². The number of H-pyrrole nitrogens is 1. The summed E-state index contributed by atoms with van der Waals surface area (Å²) in [5.74, 6) is 1.21. The van der Waals surface area contributed by atoms with Gasteiger partial charge < -0.3 is 9.47 Å². The largest absolute Gasteiger partial charge is 0.493 e. The molecule has 8 nitrogen and oxygen atoms in total. The molecule has 5 rings (SSSR count). The molecule has 2 aromatic carbocycles. The van der Waals surface area contributed by atoms with Gasteiger partial charge in [0, 0.05) is 40.7 Å². The van der Waals surface area contributed by atoms with Crippen molar-refractivity contribution in [2.24, 2.45) is 0 Å². The Morgan fingerprint density at radius 2 is 1.67 bits per heavy atom. The van der Waals surface area contributed by atoms with Crippen molar-refractivity contribution in [3.63, 3.8) is 0 Å². The lowest BCUT2D eigenvalue weighted by Gasteiger charge is -2.10. The van der Waals surface area contributed by atoms with Crippen LogP contribution in [0.2, 0.25) is 0 Å². The van der Waals surface area contributed by atoms with Gasteiger partial charge in [0.1, 0.15) is 0 Å². The third kappa shape index (κ3) is 3.52. The van der Waals surface area contributed by atoms with E-state index in [0.29, 0.717) is 28.1 Å². The van der Waals surface area contributed by atoms with Crippen LogP contribution in [0.4, 0.5) is 0 Å². The van der Waals surface area contributed by atoms with E-state index in [4.69, 9.17) is 9.47 Å². The van der Waals surface area contributed by atoms with Crippen molar-refractivity contribution in [1.82, 2.24) is 19.2 Å². The molecule has 9 heteroatoms. The molecule has 166 valence electrons. The van der Waals surface area contributed by atoms with Crippen LogP contribution in [0.1, 0.15) is 0 Å². The van der Waals surface area contributed by atoms with Crippen molar-refractivity contribution in [2.75, 3.05) is 14.2 Å². The van der Waals surface area contributed by atoms with Crippen LogP contribution in [0.5, 0.6) is 11.5 Å². The van der Waals surface area contributed by atoms with E-state index >= 15 is 0 Å². The highest BCUT2D eigenvalue weighted by molar-refractivity contribution is 7.90. The van der Waals surface area contributed by atoms with Gasteiger partial charge in [-0.2, -0.15) is 5.10 Å². The molecule has 0 saturated carbocycles. The lowest BCUT2D eigenvalue weighted by atomic mass is 10.0. The number of methoxy groups -OCH3 is 2. The van der Waals surface area contributed by atoms with Crippen LogP contribution in [0.25, 0.3) is 33.3 Å². The van der Waals surface area contributed by atoms with E-state index in [-0.39, 0.29) is 4.90 Å². The van der Waals surface area contributed by atoms with Gasteiger partial charge in [0.05, 0.1) is 25.3 Å². The van der Waals surface area contributed by atoms with Crippen LogP contribution in [0.15, 0.2) is 84.3 Å². The third-order valence-electron chi connectivity index (χ3n) is 5.44. The summed E-state index contributed by atoms with van der Waals surface area (Å²) in [7, 11) is -0.686. The Kier molecular flexibility index (Phi) is 5.10. The van der Waals surface area contributed by atoms with Crippen molar-refractivity contribution in [1.29, 1.82) is 0 Å². The zero-order chi connectivity index (χ0) is 23.0. The van der Waals surface area contributed by atoms with Gasteiger partial charge in [0.25, 0.3) is 10.0 Å². The molecule has 0 saturated heterocycles. The van der Waals surface area contributed by atoms with E-state index in [0.717, 1.165) is 16.7 Å². The first-order valence-electron chi connectivity index (χ1n) is 10.1. The smallest absolute Gasteiger partial charge is 0.269 e. The molecule has 0 bridgehead atoms. The molecule has 1 N–H and O–H groups in total. The number of nitrogens with zero attached hydrogens (tertiary/aromatic N) is 3. The standard InChI is InChI=1S/C24H20N4O4S/c1-31-22-9-8-16(11-23(22)32-2)17-10-20-21(18-13-26-27-14-18)15-28(24(20)25-12-17)33(29,30)19-6-4-3-5-7-19/h3-15H,1-2H3,(H,26,27). The highest BCUT2D eigenvalue weighted by Gasteiger charge is 2.23. The quantitative estimate of drug-likeness (QED) is 0.405. The van der Waals surface area contributed by atoms with Gasteiger partial charge in [-0.05, 0) is 35.9 Å². The van der Waals surface area contributed by atoms with Crippen molar-refractivity contribution in [3.05, 3.63) is 79.4 Å². The van der Waals surface area contributed by atoms with E-state index < -0.39 is 10.0 Å². The molecule has 0 unspecified atom stereocenters. The van der Waals surface area contributed by atoms with Crippen LogP contribution in [-0.4, -0.2) is 41.8 Å². The third-order valence-corrected chi connectivity index (χ3v) is 7.10. The van der Waals surface area contributed by atoms with Gasteiger partial charge in [0.2, 0.25) is 0 Å². The number of rotatable bonds is 6. The molecule has 0 amide bonds. The topological polar surface area (TPSA) is 99.1 Å². The van der Waals surface area contributed by atoms with Gasteiger partial charge in [-0.15, -0.1) is 0 Å². The Labute approximate surface area is 190 Å². The molecule has 33 heavy (non-hydrogen) atoms. The summed E-state index contributed by atoms with van der Waals surface area (Å²) >= 11 is 0. The summed E-state index contributed by atoms with van der Waals surface area (Å²) in [6, 6.07) is 15.8. The van der Waals surface area contributed by atoms with E-state index in [1.54, 1.807) is 69.3 Å². The minimum absolute atomic E-state index is 0.186. The number of fused-ring (bicyclic) bond motifs is 1. The Morgan fingerprint density at radius 3 is 2.36 bits per heavy atom. The van der Waals surface area contributed by atoms with E-state index in [2.05, 4.69) is 15.2 Å². The van der Waals surface area contributed by atoms with Gasteiger partial charge >= 0.3 is 0 Å². The fourth-order valence-corrected chi connectivity index (χ4v) is 5.12. The molecule has 0 fully saturated rings. The SMILES string of the molecule is COc1ccc(-c2cnc3c(c2)c(-c2cn[nH]c2)cn3S(=O)(=O)c2ccccc2)cc1OC. The van der Waals surface area contributed by atoms with Crippen LogP contribution < -0.4 is 9.47 Å². The zero-order valence-corrected chi connectivity index (χ0v) is 18.7. The van der Waals surface area contributed by atoms with Crippen LogP contribution in [0, 0.1) is 0 Å². The van der Waals surface area contributed by atoms with E-state index in [1.165, 1.54) is 3.97 Å². The maximum atomic E-state index is 13.4. The highest BCUT2D eigenvalue weighted by atomic mass is 32.2. The number of pyridine rings is 1. The van der Waals surface area contributed by atoms with Gasteiger partial charge in [-0.25, -0.2) is 17.4 Å². The predicted molar refractivity (Wildman–Crippen MR) is 125 cm³/mol. The van der Waals surface area contributed by atoms with Gasteiger partial charge in [-0.1, -0.05) is 24.3 Å². The highest BCUT2D eigenvalue weighted by Crippen LogP contribution is 2.36. The van der Waals surface area contributed by atoms with E-state index in [1.807, 2.05) is 24.3 Å². The molecular formula is C24H20N4O4S. The molecule has 0 radical (unpaired) electrons. The van der Waals surface area contributed by atoms with Crippen molar-refractivity contribution in [2.45, 2.75) is 4.90 Å². The first kappa shape index (κ1) is 20.8. The molecule has 5 aromatic rings. The van der Waals surface area contributed by atoms with Crippen molar-refractivity contribution >= 4 is 21.1 Å². The molecule has 0 aliphatic carbocycles. The van der Waals surface area contributed by atoms with Crippen LogP contribution in [0.3, 0.4) is 0 Å². The Bertz CT molecular complexity index is 1540. The average Bonchev–Trinajstić information content (AvgIpc) is 3.52. The number of aromatic nitrogens is 4. The predicted octanol–water partition coefficient (Wildman–Crippen LogP) is 4.35. The van der Waals surface area contributed by atoms with Gasteiger partial charge in [0.15, 0.2) is 17.1 Å². The van der Waals surface area contributed by atoms with Gasteiger partial charge in [-0.3, -0.25) is 5.10 Å². The summed E-state index contributed by atoms with van der Waals surface area (Å²) in [6.45, 7) is 0. The Balaban J connectivity index is 1.73. The second kappa shape index (κ2) is 8.10. The average molecular weight is 461 g/mol. The monoisotopic (exact) mass is 460 g/mol. The van der Waals surface area contributed by atoms with Crippen molar-refractivity contribution < 1.29 is 17.9 Å². The summed E-state index contributed by atoms with van der Waals surface area (Å²) in [4.78, 5) is 4.75. The van der Waals surface area contributed by atoms with Crippen LogP contribution >= 0.6 is 0 Å². The molecule has 3 heterocycles. The summed E-state index contributed by atoms with van der Waals surface area (Å²) in [5, 5.41) is 7.49.